The highest BCUT2D eigenvalue weighted by Crippen LogP contribution is 2.14. The Morgan fingerprint density at radius 2 is 2.14 bits per heavy atom. The first-order valence-electron chi connectivity index (χ1n) is 6.22. The van der Waals surface area contributed by atoms with Crippen molar-refractivity contribution in [2.24, 2.45) is 0 Å². The van der Waals surface area contributed by atoms with Gasteiger partial charge in [0.25, 0.3) is 0 Å². The van der Waals surface area contributed by atoms with Crippen molar-refractivity contribution in [2.75, 3.05) is 6.54 Å². The normalized spacial score (nSPS) is 11.3. The summed E-state index contributed by atoms with van der Waals surface area (Å²) in [4.78, 5) is 4.12. The van der Waals surface area contributed by atoms with Crippen molar-refractivity contribution >= 4 is 10.0 Å². The summed E-state index contributed by atoms with van der Waals surface area (Å²) < 4.78 is 31.6. The van der Waals surface area contributed by atoms with Crippen LogP contribution in [0.25, 0.3) is 0 Å². The maximum atomic E-state index is 12.1. The first-order chi connectivity index (χ1) is 9.92. The van der Waals surface area contributed by atoms with Crippen LogP contribution in [0.3, 0.4) is 0 Å². The van der Waals surface area contributed by atoms with Crippen LogP contribution in [0, 0.1) is 25.2 Å². The highest BCUT2D eigenvalue weighted by molar-refractivity contribution is 7.89. The van der Waals surface area contributed by atoms with Gasteiger partial charge >= 0.3 is 0 Å². The molecule has 0 unspecified atom stereocenters. The van der Waals surface area contributed by atoms with Crippen molar-refractivity contribution in [3.8, 4) is 6.07 Å². The first-order valence-corrected chi connectivity index (χ1v) is 7.70. The molecule has 1 aromatic carbocycles. The van der Waals surface area contributed by atoms with E-state index < -0.39 is 10.0 Å². The second-order valence-electron chi connectivity index (χ2n) is 4.47. The van der Waals surface area contributed by atoms with Gasteiger partial charge in [0.2, 0.25) is 15.9 Å². The molecule has 21 heavy (non-hydrogen) atoms. The number of aromatic nitrogens is 2. The van der Waals surface area contributed by atoms with Crippen LogP contribution in [-0.2, 0) is 16.4 Å². The molecule has 0 fully saturated rings. The molecule has 7 nitrogen and oxygen atoms in total. The molecule has 0 aliphatic heterocycles. The zero-order chi connectivity index (χ0) is 15.5. The lowest BCUT2D eigenvalue weighted by Gasteiger charge is -2.07. The van der Waals surface area contributed by atoms with Crippen molar-refractivity contribution in [1.82, 2.24) is 14.9 Å². The number of nitrogens with one attached hydrogen (secondary N) is 1. The Labute approximate surface area is 122 Å². The van der Waals surface area contributed by atoms with Crippen LogP contribution in [0.2, 0.25) is 0 Å². The highest BCUT2D eigenvalue weighted by atomic mass is 32.2. The second-order valence-corrected chi connectivity index (χ2v) is 6.24. The maximum Gasteiger partial charge on any atom is 0.240 e. The molecule has 0 amide bonds. The van der Waals surface area contributed by atoms with Gasteiger partial charge in [0.15, 0.2) is 5.82 Å². The predicted molar refractivity (Wildman–Crippen MR) is 73.8 cm³/mol. The van der Waals surface area contributed by atoms with E-state index in [-0.39, 0.29) is 11.4 Å². The summed E-state index contributed by atoms with van der Waals surface area (Å²) in [6.45, 7) is 3.54. The molecule has 0 radical (unpaired) electrons. The van der Waals surface area contributed by atoms with E-state index in [1.165, 1.54) is 18.2 Å². The molecule has 0 bridgehead atoms. The van der Waals surface area contributed by atoms with Gasteiger partial charge in [-0.05, 0) is 37.6 Å². The predicted octanol–water partition coefficient (Wildman–Crippen LogP) is 1.08. The van der Waals surface area contributed by atoms with E-state index in [9.17, 15) is 8.42 Å². The molecular formula is C13H14N4O3S. The zero-order valence-corrected chi connectivity index (χ0v) is 12.4. The van der Waals surface area contributed by atoms with Crippen molar-refractivity contribution < 1.29 is 12.9 Å². The van der Waals surface area contributed by atoms with Crippen LogP contribution in [0.1, 0.15) is 22.8 Å². The number of sulfonamides is 1. The molecule has 0 aliphatic rings. The van der Waals surface area contributed by atoms with Gasteiger partial charge in [-0.3, -0.25) is 0 Å². The van der Waals surface area contributed by atoms with Crippen LogP contribution in [0.15, 0.2) is 27.6 Å². The molecule has 1 aromatic heterocycles. The number of aryl methyl sites for hydroxylation is 2. The molecule has 0 spiro atoms. The van der Waals surface area contributed by atoms with Crippen LogP contribution in [0.5, 0.6) is 0 Å². The quantitative estimate of drug-likeness (QED) is 0.885. The minimum Gasteiger partial charge on any atom is -0.339 e. The number of benzene rings is 1. The van der Waals surface area contributed by atoms with Gasteiger partial charge in [-0.2, -0.15) is 10.2 Å². The molecule has 110 valence electrons. The van der Waals surface area contributed by atoms with Gasteiger partial charge in [0.05, 0.1) is 16.5 Å². The Morgan fingerprint density at radius 1 is 1.38 bits per heavy atom. The first kappa shape index (κ1) is 15.2. The van der Waals surface area contributed by atoms with E-state index in [4.69, 9.17) is 9.78 Å². The van der Waals surface area contributed by atoms with Gasteiger partial charge in [-0.1, -0.05) is 5.16 Å². The Hall–Kier alpha value is -2.24. The van der Waals surface area contributed by atoms with Gasteiger partial charge in [0.1, 0.15) is 0 Å². The SMILES string of the molecule is Cc1noc(CCNS(=O)(=O)c2ccc(C#N)c(C)c2)n1. The lowest BCUT2D eigenvalue weighted by atomic mass is 10.1. The summed E-state index contributed by atoms with van der Waals surface area (Å²) in [7, 11) is -3.62. The topological polar surface area (TPSA) is 109 Å². The number of nitriles is 1. The molecule has 2 rings (SSSR count). The van der Waals surface area contributed by atoms with Gasteiger partial charge in [-0.15, -0.1) is 0 Å². The highest BCUT2D eigenvalue weighted by Gasteiger charge is 2.15. The van der Waals surface area contributed by atoms with E-state index in [2.05, 4.69) is 14.9 Å². The van der Waals surface area contributed by atoms with Gasteiger partial charge < -0.3 is 4.52 Å². The van der Waals surface area contributed by atoms with Crippen LogP contribution >= 0.6 is 0 Å². The van der Waals surface area contributed by atoms with Crippen LogP contribution in [0.4, 0.5) is 0 Å². The fourth-order valence-electron chi connectivity index (χ4n) is 1.75. The zero-order valence-electron chi connectivity index (χ0n) is 11.6. The van der Waals surface area contributed by atoms with E-state index >= 15 is 0 Å². The Kier molecular flexibility index (Phi) is 4.35. The molecular weight excluding hydrogens is 292 g/mol. The average molecular weight is 306 g/mol. The number of rotatable bonds is 5. The minimum absolute atomic E-state index is 0.126. The van der Waals surface area contributed by atoms with E-state index in [1.54, 1.807) is 13.8 Å². The largest absolute Gasteiger partial charge is 0.339 e. The third-order valence-corrected chi connectivity index (χ3v) is 4.29. The molecule has 0 aliphatic carbocycles. The van der Waals surface area contributed by atoms with Crippen molar-refractivity contribution in [3.63, 3.8) is 0 Å². The number of hydrogen-bond acceptors (Lipinski definition) is 6. The maximum absolute atomic E-state index is 12.1. The molecule has 1 heterocycles. The van der Waals surface area contributed by atoms with Crippen molar-refractivity contribution in [3.05, 3.63) is 41.0 Å². The number of nitrogens with zero attached hydrogens (tertiary/aromatic N) is 3. The molecule has 0 saturated carbocycles. The van der Waals surface area contributed by atoms with Gasteiger partial charge in [-0.25, -0.2) is 13.1 Å². The third-order valence-electron chi connectivity index (χ3n) is 2.83. The lowest BCUT2D eigenvalue weighted by molar-refractivity contribution is 0.375. The summed E-state index contributed by atoms with van der Waals surface area (Å²) in [5.74, 6) is 0.891. The molecule has 0 saturated heterocycles. The van der Waals surface area contributed by atoms with E-state index in [0.29, 0.717) is 29.3 Å². The Morgan fingerprint density at radius 3 is 2.71 bits per heavy atom. The van der Waals surface area contributed by atoms with Crippen molar-refractivity contribution in [2.45, 2.75) is 25.2 Å². The summed E-state index contributed by atoms with van der Waals surface area (Å²) >= 11 is 0. The molecule has 2 aromatic rings. The second kappa shape index (κ2) is 6.03. The summed E-state index contributed by atoms with van der Waals surface area (Å²) in [5, 5.41) is 12.5. The molecule has 1 N–H and O–H groups in total. The Balaban J connectivity index is 2.05. The fraction of sp³-hybridized carbons (Fsp3) is 0.308. The molecule has 0 atom stereocenters. The van der Waals surface area contributed by atoms with Gasteiger partial charge in [0, 0.05) is 13.0 Å². The van der Waals surface area contributed by atoms with Crippen LogP contribution < -0.4 is 4.72 Å². The Bertz CT molecular complexity index is 790. The summed E-state index contributed by atoms with van der Waals surface area (Å²) in [6, 6.07) is 6.37. The minimum atomic E-state index is -3.62. The van der Waals surface area contributed by atoms with E-state index in [0.717, 1.165) is 0 Å². The average Bonchev–Trinajstić information content (AvgIpc) is 2.84. The fourth-order valence-corrected chi connectivity index (χ4v) is 2.86. The molecule has 8 heteroatoms. The summed E-state index contributed by atoms with van der Waals surface area (Å²) in [5.41, 5.74) is 1.07. The number of hydrogen-bond donors (Lipinski definition) is 1. The van der Waals surface area contributed by atoms with Crippen LogP contribution in [-0.4, -0.2) is 25.1 Å². The third kappa shape index (κ3) is 3.65. The lowest BCUT2D eigenvalue weighted by Crippen LogP contribution is -2.26. The summed E-state index contributed by atoms with van der Waals surface area (Å²) in [6.07, 6.45) is 0.315. The smallest absolute Gasteiger partial charge is 0.240 e. The standard InChI is InChI=1S/C13H14N4O3S/c1-9-7-12(4-3-11(9)8-14)21(18,19)15-6-5-13-16-10(2)17-20-13/h3-4,7,15H,5-6H2,1-2H3. The van der Waals surface area contributed by atoms with Crippen molar-refractivity contribution in [1.29, 1.82) is 5.26 Å². The van der Waals surface area contributed by atoms with E-state index in [1.807, 2.05) is 6.07 Å². The monoisotopic (exact) mass is 306 g/mol.